The number of rotatable bonds is 4. The summed E-state index contributed by atoms with van der Waals surface area (Å²) >= 11 is 0. The first-order chi connectivity index (χ1) is 9.31. The number of sulfonamides is 1. The number of nitrogens with two attached hydrogens (primary N) is 1. The molecule has 1 aromatic heterocycles. The minimum absolute atomic E-state index is 0.133. The van der Waals surface area contributed by atoms with Crippen molar-refractivity contribution in [3.63, 3.8) is 0 Å². The summed E-state index contributed by atoms with van der Waals surface area (Å²) in [5, 5.41) is 3.72. The minimum Gasteiger partial charge on any atom is -0.337 e. The van der Waals surface area contributed by atoms with E-state index in [1.807, 2.05) is 0 Å². The zero-order valence-electron chi connectivity index (χ0n) is 11.5. The van der Waals surface area contributed by atoms with Gasteiger partial charge in [-0.15, -0.1) is 0 Å². The maximum Gasteiger partial charge on any atom is 0.264 e. The van der Waals surface area contributed by atoms with Crippen molar-refractivity contribution in [2.45, 2.75) is 31.7 Å². The molecule has 1 unspecified atom stereocenters. The van der Waals surface area contributed by atoms with Crippen LogP contribution in [-0.2, 0) is 10.0 Å². The fourth-order valence-electron chi connectivity index (χ4n) is 1.66. The topological polar surface area (TPSA) is 98.2 Å². The fraction of sp³-hybridized carbons (Fsp3) is 0.308. The Bertz CT molecular complexity index is 720. The van der Waals surface area contributed by atoms with Crippen LogP contribution in [-0.4, -0.2) is 13.6 Å². The number of hydrogen-bond donors (Lipinski definition) is 2. The smallest absolute Gasteiger partial charge is 0.264 e. The molecule has 0 aliphatic heterocycles. The Morgan fingerprint density at radius 1 is 1.35 bits per heavy atom. The van der Waals surface area contributed by atoms with Crippen molar-refractivity contribution in [3.8, 4) is 0 Å². The lowest BCUT2D eigenvalue weighted by atomic mass is 10.1. The molecule has 0 saturated heterocycles. The third-order valence-electron chi connectivity index (χ3n) is 3.08. The monoisotopic (exact) mass is 295 g/mol. The van der Waals surface area contributed by atoms with Crippen molar-refractivity contribution in [1.29, 1.82) is 0 Å². The van der Waals surface area contributed by atoms with Crippen molar-refractivity contribution in [1.82, 2.24) is 5.16 Å². The van der Waals surface area contributed by atoms with E-state index in [0.717, 1.165) is 5.56 Å². The van der Waals surface area contributed by atoms with Crippen LogP contribution in [0, 0.1) is 13.8 Å². The van der Waals surface area contributed by atoms with Crippen molar-refractivity contribution >= 4 is 15.9 Å². The summed E-state index contributed by atoms with van der Waals surface area (Å²) in [6.45, 7) is 5.28. The highest BCUT2D eigenvalue weighted by Crippen LogP contribution is 2.23. The van der Waals surface area contributed by atoms with E-state index in [2.05, 4.69) is 9.88 Å². The third kappa shape index (κ3) is 2.83. The summed E-state index contributed by atoms with van der Waals surface area (Å²) < 4.78 is 32.0. The number of aromatic nitrogens is 1. The number of anilines is 1. The van der Waals surface area contributed by atoms with E-state index in [-0.39, 0.29) is 16.8 Å². The molecule has 0 radical (unpaired) electrons. The Kier molecular flexibility index (Phi) is 3.82. The Hall–Kier alpha value is -1.86. The summed E-state index contributed by atoms with van der Waals surface area (Å²) in [5.74, 6) is 0.133. The Balaban J connectivity index is 2.36. The summed E-state index contributed by atoms with van der Waals surface area (Å²) in [4.78, 5) is 0.140. The van der Waals surface area contributed by atoms with Gasteiger partial charge in [-0.2, -0.15) is 0 Å². The first-order valence-corrected chi connectivity index (χ1v) is 7.61. The largest absolute Gasteiger partial charge is 0.337 e. The highest BCUT2D eigenvalue weighted by molar-refractivity contribution is 7.92. The van der Waals surface area contributed by atoms with Crippen LogP contribution < -0.4 is 10.5 Å². The molecule has 2 rings (SSSR count). The molecule has 0 aliphatic rings. The lowest BCUT2D eigenvalue weighted by Gasteiger charge is -2.09. The molecule has 1 atom stereocenters. The molecule has 108 valence electrons. The average molecular weight is 295 g/mol. The van der Waals surface area contributed by atoms with E-state index < -0.39 is 10.0 Å². The zero-order valence-corrected chi connectivity index (χ0v) is 12.4. The lowest BCUT2D eigenvalue weighted by Crippen LogP contribution is -2.14. The van der Waals surface area contributed by atoms with Gasteiger partial charge in [0.1, 0.15) is 0 Å². The van der Waals surface area contributed by atoms with Gasteiger partial charge in [0, 0.05) is 11.6 Å². The number of benzene rings is 1. The first kappa shape index (κ1) is 14.5. The van der Waals surface area contributed by atoms with Crippen LogP contribution in [0.25, 0.3) is 0 Å². The van der Waals surface area contributed by atoms with Crippen LogP contribution >= 0.6 is 0 Å². The molecule has 20 heavy (non-hydrogen) atoms. The fourth-order valence-corrected chi connectivity index (χ4v) is 2.76. The molecule has 6 nitrogen and oxygen atoms in total. The number of nitrogens with zero attached hydrogens (tertiary/aromatic N) is 1. The Labute approximate surface area is 118 Å². The standard InChI is InChI=1S/C13H17N3O3S/c1-8-10(3)15-19-13(8)16-20(17,18)12-6-4-5-11(7-12)9(2)14/h4-7,9,16H,14H2,1-3H3. The molecule has 0 spiro atoms. The van der Waals surface area contributed by atoms with Gasteiger partial charge in [-0.25, -0.2) is 13.1 Å². The first-order valence-electron chi connectivity index (χ1n) is 6.12. The van der Waals surface area contributed by atoms with E-state index in [1.165, 1.54) is 6.07 Å². The Morgan fingerprint density at radius 3 is 2.60 bits per heavy atom. The van der Waals surface area contributed by atoms with E-state index in [9.17, 15) is 8.42 Å². The van der Waals surface area contributed by atoms with Crippen molar-refractivity contribution < 1.29 is 12.9 Å². The van der Waals surface area contributed by atoms with Gasteiger partial charge in [-0.3, -0.25) is 0 Å². The third-order valence-corrected chi connectivity index (χ3v) is 4.41. The summed E-state index contributed by atoms with van der Waals surface area (Å²) in [6.07, 6.45) is 0. The van der Waals surface area contributed by atoms with Gasteiger partial charge in [0.25, 0.3) is 10.0 Å². The maximum atomic E-state index is 12.3. The SMILES string of the molecule is Cc1noc(NS(=O)(=O)c2cccc(C(C)N)c2)c1C. The molecule has 0 amide bonds. The maximum absolute atomic E-state index is 12.3. The molecule has 2 aromatic rings. The molecule has 3 N–H and O–H groups in total. The lowest BCUT2D eigenvalue weighted by molar-refractivity contribution is 0.430. The molecule has 0 bridgehead atoms. The Morgan fingerprint density at radius 2 is 2.05 bits per heavy atom. The van der Waals surface area contributed by atoms with E-state index >= 15 is 0 Å². The number of hydrogen-bond acceptors (Lipinski definition) is 5. The van der Waals surface area contributed by atoms with Gasteiger partial charge in [0.05, 0.1) is 10.6 Å². The van der Waals surface area contributed by atoms with E-state index in [0.29, 0.717) is 11.3 Å². The van der Waals surface area contributed by atoms with Crippen molar-refractivity contribution in [2.24, 2.45) is 5.73 Å². The van der Waals surface area contributed by atoms with Gasteiger partial charge in [0.15, 0.2) is 0 Å². The second kappa shape index (κ2) is 5.26. The highest BCUT2D eigenvalue weighted by atomic mass is 32.2. The van der Waals surface area contributed by atoms with Gasteiger partial charge in [0.2, 0.25) is 5.88 Å². The second-order valence-corrected chi connectivity index (χ2v) is 6.37. The van der Waals surface area contributed by atoms with Crippen LogP contribution in [0.5, 0.6) is 0 Å². The quantitative estimate of drug-likeness (QED) is 0.900. The van der Waals surface area contributed by atoms with Gasteiger partial charge < -0.3 is 10.3 Å². The van der Waals surface area contributed by atoms with Crippen molar-refractivity contribution in [3.05, 3.63) is 41.1 Å². The van der Waals surface area contributed by atoms with Gasteiger partial charge >= 0.3 is 0 Å². The number of nitrogens with one attached hydrogen (secondary N) is 1. The molecule has 0 fully saturated rings. The number of aryl methyl sites for hydroxylation is 1. The molecular formula is C13H17N3O3S. The summed E-state index contributed by atoms with van der Waals surface area (Å²) in [5.41, 5.74) is 7.82. The predicted molar refractivity (Wildman–Crippen MR) is 75.8 cm³/mol. The summed E-state index contributed by atoms with van der Waals surface area (Å²) in [7, 11) is -3.72. The van der Waals surface area contributed by atoms with Crippen LogP contribution in [0.15, 0.2) is 33.7 Å². The molecule has 0 aliphatic carbocycles. The van der Waals surface area contributed by atoms with Crippen molar-refractivity contribution in [2.75, 3.05) is 4.72 Å². The normalized spacial score (nSPS) is 13.2. The molecule has 1 heterocycles. The average Bonchev–Trinajstić information content (AvgIpc) is 2.70. The van der Waals surface area contributed by atoms with Crippen LogP contribution in [0.2, 0.25) is 0 Å². The second-order valence-electron chi connectivity index (χ2n) is 4.69. The zero-order chi connectivity index (χ0) is 14.9. The molecule has 0 saturated carbocycles. The van der Waals surface area contributed by atoms with Crippen LogP contribution in [0.4, 0.5) is 5.88 Å². The molecule has 1 aromatic carbocycles. The molecule has 7 heteroatoms. The predicted octanol–water partition coefficient (Wildman–Crippen LogP) is 2.11. The van der Waals surface area contributed by atoms with E-state index in [4.69, 9.17) is 10.3 Å². The highest BCUT2D eigenvalue weighted by Gasteiger charge is 2.19. The van der Waals surface area contributed by atoms with Crippen LogP contribution in [0.3, 0.4) is 0 Å². The minimum atomic E-state index is -3.72. The van der Waals surface area contributed by atoms with E-state index in [1.54, 1.807) is 39.0 Å². The van der Waals surface area contributed by atoms with Crippen LogP contribution in [0.1, 0.15) is 29.8 Å². The van der Waals surface area contributed by atoms with Gasteiger partial charge in [-0.1, -0.05) is 17.3 Å². The summed E-state index contributed by atoms with van der Waals surface area (Å²) in [6, 6.07) is 6.26. The molecular weight excluding hydrogens is 278 g/mol. The van der Waals surface area contributed by atoms with Gasteiger partial charge in [-0.05, 0) is 38.5 Å².